The van der Waals surface area contributed by atoms with Gasteiger partial charge < -0.3 is 19.0 Å². The third-order valence-electron chi connectivity index (χ3n) is 4.78. The monoisotopic (exact) mass is 430 g/mol. The highest BCUT2D eigenvalue weighted by Gasteiger charge is 2.54. The summed E-state index contributed by atoms with van der Waals surface area (Å²) in [5, 5.41) is 0. The molecule has 0 aliphatic rings. The first-order chi connectivity index (χ1) is 13.8. The van der Waals surface area contributed by atoms with Crippen molar-refractivity contribution in [1.29, 1.82) is 0 Å². The Morgan fingerprint density at radius 2 is 1.45 bits per heavy atom. The molecule has 1 atom stereocenters. The van der Waals surface area contributed by atoms with Crippen LogP contribution in [-0.4, -0.2) is 47.1 Å². The Balaban J connectivity index is 2.92. The Morgan fingerprint density at radius 3 is 1.86 bits per heavy atom. The Kier molecular flexibility index (Phi) is 10.4. The van der Waals surface area contributed by atoms with E-state index in [-0.39, 0.29) is 17.9 Å². The standard InChI is InChI=1S/C21H34O7S/c1-6-20(17-22,21(25-7-2,26-8-3)27-9-4)15-10-16-28-29(23,24)19-13-11-18(5)12-14-19/h11-14,17H,6-10,15-16H2,1-5H3/t20-/m0/s1. The number of hydrogen-bond donors (Lipinski definition) is 0. The predicted octanol–water partition coefficient (Wildman–Crippen LogP) is 3.84. The molecule has 1 rings (SSSR count). The second-order valence-corrected chi connectivity index (χ2v) is 8.29. The molecule has 0 bridgehead atoms. The smallest absolute Gasteiger partial charge is 0.296 e. The van der Waals surface area contributed by atoms with Crippen LogP contribution in [0.3, 0.4) is 0 Å². The highest BCUT2D eigenvalue weighted by atomic mass is 32.2. The van der Waals surface area contributed by atoms with Crippen molar-refractivity contribution in [2.75, 3.05) is 26.4 Å². The van der Waals surface area contributed by atoms with E-state index < -0.39 is 21.5 Å². The maximum absolute atomic E-state index is 12.3. The molecule has 7 nitrogen and oxygen atoms in total. The van der Waals surface area contributed by atoms with Crippen LogP contribution in [0.15, 0.2) is 29.2 Å². The molecule has 0 aliphatic carbocycles. The predicted molar refractivity (Wildman–Crippen MR) is 110 cm³/mol. The molecule has 0 saturated heterocycles. The van der Waals surface area contributed by atoms with Gasteiger partial charge in [0.15, 0.2) is 0 Å². The van der Waals surface area contributed by atoms with Gasteiger partial charge in [0.05, 0.1) is 11.5 Å². The quantitative estimate of drug-likeness (QED) is 0.181. The number of carbonyl (C=O) groups is 1. The van der Waals surface area contributed by atoms with Crippen LogP contribution >= 0.6 is 0 Å². The summed E-state index contributed by atoms with van der Waals surface area (Å²) in [6, 6.07) is 6.45. The van der Waals surface area contributed by atoms with Gasteiger partial charge in [-0.15, -0.1) is 0 Å². The average molecular weight is 431 g/mol. The lowest BCUT2D eigenvalue weighted by atomic mass is 9.79. The number of aldehydes is 1. The van der Waals surface area contributed by atoms with Crippen molar-refractivity contribution in [3.8, 4) is 0 Å². The summed E-state index contributed by atoms with van der Waals surface area (Å²) in [6.45, 7) is 9.97. The van der Waals surface area contributed by atoms with Crippen LogP contribution in [0, 0.1) is 12.3 Å². The second-order valence-electron chi connectivity index (χ2n) is 6.68. The zero-order chi connectivity index (χ0) is 22.0. The van der Waals surface area contributed by atoms with Crippen molar-refractivity contribution >= 4 is 16.4 Å². The molecule has 0 heterocycles. The minimum atomic E-state index is -3.86. The molecular weight excluding hydrogens is 396 g/mol. The molecule has 0 fully saturated rings. The Labute approximate surface area is 174 Å². The topological polar surface area (TPSA) is 88.1 Å². The van der Waals surface area contributed by atoms with Gasteiger partial charge >= 0.3 is 0 Å². The first-order valence-corrected chi connectivity index (χ1v) is 11.5. The summed E-state index contributed by atoms with van der Waals surface area (Å²) >= 11 is 0. The van der Waals surface area contributed by atoms with E-state index in [1.807, 2.05) is 13.8 Å². The van der Waals surface area contributed by atoms with Gasteiger partial charge in [0, 0.05) is 19.8 Å². The molecule has 0 aliphatic heterocycles. The molecule has 166 valence electrons. The third-order valence-corrected chi connectivity index (χ3v) is 6.11. The highest BCUT2D eigenvalue weighted by molar-refractivity contribution is 7.86. The SMILES string of the molecule is CCOC(OCC)(OCC)[C@@](C=O)(CC)CCCOS(=O)(=O)c1ccc(C)cc1. The van der Waals surface area contributed by atoms with Crippen LogP contribution in [0.5, 0.6) is 0 Å². The van der Waals surface area contributed by atoms with Gasteiger partial charge in [0.25, 0.3) is 16.1 Å². The van der Waals surface area contributed by atoms with E-state index in [0.717, 1.165) is 11.8 Å². The van der Waals surface area contributed by atoms with Gasteiger partial charge in [-0.05, 0) is 59.1 Å². The molecule has 0 aromatic heterocycles. The minimum Gasteiger partial charge on any atom is -0.327 e. The molecule has 0 radical (unpaired) electrons. The van der Waals surface area contributed by atoms with E-state index in [4.69, 9.17) is 18.4 Å². The first kappa shape index (κ1) is 25.7. The molecule has 0 amide bonds. The number of ether oxygens (including phenoxy) is 3. The molecule has 0 spiro atoms. The fourth-order valence-corrected chi connectivity index (χ4v) is 4.16. The Bertz CT molecular complexity index is 698. The molecule has 29 heavy (non-hydrogen) atoms. The zero-order valence-corrected chi connectivity index (χ0v) is 18.9. The van der Waals surface area contributed by atoms with Crippen molar-refractivity contribution in [1.82, 2.24) is 0 Å². The fourth-order valence-electron chi connectivity index (χ4n) is 3.22. The van der Waals surface area contributed by atoms with E-state index in [2.05, 4.69) is 0 Å². The van der Waals surface area contributed by atoms with E-state index in [9.17, 15) is 13.2 Å². The number of hydrogen-bond acceptors (Lipinski definition) is 7. The Hall–Kier alpha value is -1.32. The molecule has 8 heteroatoms. The third kappa shape index (κ3) is 6.33. The summed E-state index contributed by atoms with van der Waals surface area (Å²) in [7, 11) is -3.86. The molecule has 1 aromatic carbocycles. The fraction of sp³-hybridized carbons (Fsp3) is 0.667. The summed E-state index contributed by atoms with van der Waals surface area (Å²) in [5.74, 6) is -1.52. The molecular formula is C21H34O7S. The number of benzene rings is 1. The van der Waals surface area contributed by atoms with Gasteiger partial charge in [0.1, 0.15) is 11.7 Å². The van der Waals surface area contributed by atoms with E-state index >= 15 is 0 Å². The zero-order valence-electron chi connectivity index (χ0n) is 18.1. The number of carbonyl (C=O) groups excluding carboxylic acids is 1. The van der Waals surface area contributed by atoms with Crippen LogP contribution < -0.4 is 0 Å². The maximum Gasteiger partial charge on any atom is 0.296 e. The summed E-state index contributed by atoms with van der Waals surface area (Å²) in [6.07, 6.45) is 1.80. The normalized spacial score (nSPS) is 14.5. The summed E-state index contributed by atoms with van der Waals surface area (Å²) < 4.78 is 47.3. The van der Waals surface area contributed by atoms with Crippen LogP contribution in [0.25, 0.3) is 0 Å². The molecule has 1 aromatic rings. The maximum atomic E-state index is 12.3. The molecule has 0 saturated carbocycles. The lowest BCUT2D eigenvalue weighted by Gasteiger charge is -2.45. The average Bonchev–Trinajstić information content (AvgIpc) is 2.69. The van der Waals surface area contributed by atoms with Crippen molar-refractivity contribution in [3.63, 3.8) is 0 Å². The van der Waals surface area contributed by atoms with Crippen LogP contribution in [0.4, 0.5) is 0 Å². The summed E-state index contributed by atoms with van der Waals surface area (Å²) in [5.41, 5.74) is -0.131. The van der Waals surface area contributed by atoms with Gasteiger partial charge in [-0.2, -0.15) is 8.42 Å². The van der Waals surface area contributed by atoms with Gasteiger partial charge in [-0.1, -0.05) is 24.6 Å². The first-order valence-electron chi connectivity index (χ1n) is 10.1. The largest absolute Gasteiger partial charge is 0.327 e. The highest BCUT2D eigenvalue weighted by Crippen LogP contribution is 2.42. The number of rotatable bonds is 15. The van der Waals surface area contributed by atoms with Crippen molar-refractivity contribution in [3.05, 3.63) is 29.8 Å². The Morgan fingerprint density at radius 1 is 0.931 bits per heavy atom. The lowest BCUT2D eigenvalue weighted by Crippen LogP contribution is -2.55. The number of aryl methyl sites for hydroxylation is 1. The summed E-state index contributed by atoms with van der Waals surface area (Å²) in [4.78, 5) is 12.3. The lowest BCUT2D eigenvalue weighted by molar-refractivity contribution is -0.418. The van der Waals surface area contributed by atoms with Gasteiger partial charge in [0.2, 0.25) is 0 Å². The minimum absolute atomic E-state index is 0.0632. The van der Waals surface area contributed by atoms with Crippen molar-refractivity contribution in [2.24, 2.45) is 5.41 Å². The van der Waals surface area contributed by atoms with Crippen molar-refractivity contribution in [2.45, 2.75) is 64.7 Å². The van der Waals surface area contributed by atoms with E-state index in [0.29, 0.717) is 32.7 Å². The van der Waals surface area contributed by atoms with Gasteiger partial charge in [-0.3, -0.25) is 4.18 Å². The van der Waals surface area contributed by atoms with Gasteiger partial charge in [-0.25, -0.2) is 0 Å². The van der Waals surface area contributed by atoms with E-state index in [1.54, 1.807) is 32.9 Å². The van der Waals surface area contributed by atoms with Crippen LogP contribution in [0.1, 0.15) is 52.5 Å². The van der Waals surface area contributed by atoms with Crippen molar-refractivity contribution < 1.29 is 31.6 Å². The van der Waals surface area contributed by atoms with Crippen LogP contribution in [-0.2, 0) is 33.3 Å². The van der Waals surface area contributed by atoms with E-state index in [1.165, 1.54) is 12.1 Å². The van der Waals surface area contributed by atoms with Crippen LogP contribution in [0.2, 0.25) is 0 Å². The molecule has 0 N–H and O–H groups in total. The molecule has 0 unspecified atom stereocenters. The second kappa shape index (κ2) is 11.8.